The predicted molar refractivity (Wildman–Crippen MR) is 38.6 cm³/mol. The molecule has 2 nitrogen and oxygen atoms in total. The highest BCUT2D eigenvalue weighted by molar-refractivity contribution is 7.82. The Labute approximate surface area is 63.0 Å². The zero-order chi connectivity index (χ0) is 6.85. The zero-order valence-electron chi connectivity index (χ0n) is 4.87. The summed E-state index contributed by atoms with van der Waals surface area (Å²) in [6.45, 7) is 1.67. The Balaban J connectivity index is 2.85. The molecule has 0 amide bonds. The number of aromatic nitrogens is 1. The molecule has 0 saturated carbocycles. The lowest BCUT2D eigenvalue weighted by atomic mass is 10.3. The van der Waals surface area contributed by atoms with Crippen molar-refractivity contribution in [2.45, 2.75) is 17.4 Å². The minimum absolute atomic E-state index is 0.488. The van der Waals surface area contributed by atoms with Crippen molar-refractivity contribution < 1.29 is 5.11 Å². The fraction of sp³-hybridized carbons (Fsp3) is 0.400. The van der Waals surface area contributed by atoms with E-state index in [2.05, 4.69) is 4.98 Å². The molecule has 9 heavy (non-hydrogen) atoms. The summed E-state index contributed by atoms with van der Waals surface area (Å²) in [6, 6.07) is 0. The number of thiazole rings is 1. The quantitative estimate of drug-likeness (QED) is 0.679. The number of aliphatic hydroxyl groups excluding tert-OH is 1. The average molecular weight is 160 g/mol. The van der Waals surface area contributed by atoms with E-state index in [9.17, 15) is 0 Å². The molecule has 49 valence electrons. The molecule has 1 aromatic heterocycles. The summed E-state index contributed by atoms with van der Waals surface area (Å²) in [5.74, 6) is 0. The van der Waals surface area contributed by atoms with Gasteiger partial charge in [-0.1, -0.05) is 0 Å². The molecular formula is C5H6NOS2. The van der Waals surface area contributed by atoms with Crippen LogP contribution in [0.1, 0.15) is 18.7 Å². The Morgan fingerprint density at radius 1 is 1.89 bits per heavy atom. The van der Waals surface area contributed by atoms with E-state index in [1.807, 2.05) is 0 Å². The third-order valence-electron chi connectivity index (χ3n) is 0.929. The van der Waals surface area contributed by atoms with Crippen molar-refractivity contribution >= 4 is 24.0 Å². The molecule has 1 N–H and O–H groups in total. The van der Waals surface area contributed by atoms with Gasteiger partial charge in [0.15, 0.2) is 4.34 Å². The molecule has 1 atom stereocenters. The van der Waals surface area contributed by atoms with Crippen LogP contribution in [0.15, 0.2) is 9.72 Å². The van der Waals surface area contributed by atoms with Crippen LogP contribution >= 0.6 is 24.0 Å². The maximum Gasteiger partial charge on any atom is 0.180 e. The largest absolute Gasteiger partial charge is 0.387 e. The van der Waals surface area contributed by atoms with E-state index in [0.717, 1.165) is 0 Å². The second-order valence-electron chi connectivity index (χ2n) is 1.71. The van der Waals surface area contributed by atoms with E-state index in [4.69, 9.17) is 17.7 Å². The first kappa shape index (κ1) is 6.92. The molecule has 0 saturated heterocycles. The summed E-state index contributed by atoms with van der Waals surface area (Å²) in [5, 5.41) is 10.7. The lowest BCUT2D eigenvalue weighted by molar-refractivity contribution is 0.194. The van der Waals surface area contributed by atoms with E-state index >= 15 is 0 Å². The van der Waals surface area contributed by atoms with E-state index in [1.54, 1.807) is 12.3 Å². The van der Waals surface area contributed by atoms with Crippen molar-refractivity contribution in [1.29, 1.82) is 0 Å². The Morgan fingerprint density at radius 3 is 2.78 bits per heavy atom. The van der Waals surface area contributed by atoms with Crippen molar-refractivity contribution in [3.8, 4) is 0 Å². The van der Waals surface area contributed by atoms with Crippen molar-refractivity contribution in [1.82, 2.24) is 4.98 Å². The fourth-order valence-electron chi connectivity index (χ4n) is 0.461. The normalized spacial score (nSPS) is 13.6. The van der Waals surface area contributed by atoms with Crippen LogP contribution in [0.2, 0.25) is 0 Å². The fourth-order valence-corrected chi connectivity index (χ4v) is 1.34. The van der Waals surface area contributed by atoms with Gasteiger partial charge in [0.25, 0.3) is 0 Å². The molecular weight excluding hydrogens is 154 g/mol. The molecule has 0 aliphatic heterocycles. The Bertz CT molecular complexity index is 197. The number of hydrogen-bond donors (Lipinski definition) is 1. The zero-order valence-corrected chi connectivity index (χ0v) is 6.50. The SMILES string of the molecule is CC(O)c1csc([S])n1. The molecule has 1 heterocycles. The predicted octanol–water partition coefficient (Wildman–Crippen LogP) is 1.75. The smallest absolute Gasteiger partial charge is 0.180 e. The van der Waals surface area contributed by atoms with Crippen molar-refractivity contribution in [2.75, 3.05) is 0 Å². The number of rotatable bonds is 1. The number of nitrogens with zero attached hydrogens (tertiary/aromatic N) is 1. The highest BCUT2D eigenvalue weighted by atomic mass is 32.2. The number of hydrogen-bond acceptors (Lipinski definition) is 3. The van der Waals surface area contributed by atoms with Crippen LogP contribution in [0.5, 0.6) is 0 Å². The summed E-state index contributed by atoms with van der Waals surface area (Å²) in [4.78, 5) is 3.89. The second kappa shape index (κ2) is 2.60. The van der Waals surface area contributed by atoms with Crippen LogP contribution in [-0.4, -0.2) is 10.1 Å². The van der Waals surface area contributed by atoms with E-state index in [-0.39, 0.29) is 0 Å². The molecule has 0 bridgehead atoms. The van der Waals surface area contributed by atoms with Crippen LogP contribution in [-0.2, 0) is 0 Å². The monoisotopic (exact) mass is 160 g/mol. The topological polar surface area (TPSA) is 33.1 Å². The first-order valence-electron chi connectivity index (χ1n) is 2.50. The molecule has 0 fully saturated rings. The van der Waals surface area contributed by atoms with Crippen LogP contribution in [0.25, 0.3) is 0 Å². The van der Waals surface area contributed by atoms with Crippen LogP contribution in [0.3, 0.4) is 0 Å². The molecule has 0 aliphatic carbocycles. The van der Waals surface area contributed by atoms with Gasteiger partial charge in [0.1, 0.15) is 0 Å². The van der Waals surface area contributed by atoms with E-state index in [0.29, 0.717) is 10.0 Å². The van der Waals surface area contributed by atoms with Crippen LogP contribution in [0.4, 0.5) is 0 Å². The highest BCUT2D eigenvalue weighted by Gasteiger charge is 2.03. The van der Waals surface area contributed by atoms with E-state index in [1.165, 1.54) is 11.3 Å². The van der Waals surface area contributed by atoms with Crippen molar-refractivity contribution in [2.24, 2.45) is 0 Å². The third kappa shape index (κ3) is 1.61. The molecule has 1 aromatic rings. The molecule has 0 aliphatic rings. The number of aliphatic hydroxyl groups is 1. The van der Waals surface area contributed by atoms with Gasteiger partial charge in [0.2, 0.25) is 0 Å². The maximum atomic E-state index is 8.93. The summed E-state index contributed by atoms with van der Waals surface area (Å²) in [5.41, 5.74) is 0.671. The molecule has 1 unspecified atom stereocenters. The lowest BCUT2D eigenvalue weighted by Crippen LogP contribution is -1.89. The molecule has 4 heteroatoms. The van der Waals surface area contributed by atoms with Gasteiger partial charge in [-0.3, -0.25) is 0 Å². The Hall–Kier alpha value is -0.190. The molecule has 0 aromatic carbocycles. The van der Waals surface area contributed by atoms with Gasteiger partial charge in [-0.15, -0.1) is 11.3 Å². The minimum atomic E-state index is -0.488. The van der Waals surface area contributed by atoms with Gasteiger partial charge in [-0.05, 0) is 19.6 Å². The summed E-state index contributed by atoms with van der Waals surface area (Å²) >= 11 is 6.12. The summed E-state index contributed by atoms with van der Waals surface area (Å²) < 4.78 is 0.589. The Kier molecular flexibility index (Phi) is 2.00. The average Bonchev–Trinajstić information content (AvgIpc) is 2.14. The van der Waals surface area contributed by atoms with E-state index < -0.39 is 6.10 Å². The minimum Gasteiger partial charge on any atom is -0.387 e. The maximum absolute atomic E-state index is 8.93. The first-order chi connectivity index (χ1) is 4.20. The third-order valence-corrected chi connectivity index (χ3v) is 1.96. The summed E-state index contributed by atoms with van der Waals surface area (Å²) in [6.07, 6.45) is -0.488. The van der Waals surface area contributed by atoms with Gasteiger partial charge in [0, 0.05) is 5.38 Å². The standard InChI is InChI=1S/C5H6NOS2/c1-3(7)4-2-9-5(8)6-4/h2-3,7H,1H3. The first-order valence-corrected chi connectivity index (χ1v) is 3.79. The highest BCUT2D eigenvalue weighted by Crippen LogP contribution is 2.17. The second-order valence-corrected chi connectivity index (χ2v) is 3.22. The Morgan fingerprint density at radius 2 is 2.56 bits per heavy atom. The van der Waals surface area contributed by atoms with Crippen molar-refractivity contribution in [3.05, 3.63) is 11.1 Å². The van der Waals surface area contributed by atoms with Gasteiger partial charge in [0.05, 0.1) is 11.8 Å². The molecule has 1 radical (unpaired) electrons. The van der Waals surface area contributed by atoms with Crippen LogP contribution < -0.4 is 0 Å². The van der Waals surface area contributed by atoms with Gasteiger partial charge in [-0.25, -0.2) is 4.98 Å². The van der Waals surface area contributed by atoms with Gasteiger partial charge in [-0.2, -0.15) is 0 Å². The van der Waals surface area contributed by atoms with Crippen molar-refractivity contribution in [3.63, 3.8) is 0 Å². The molecule has 1 rings (SSSR count). The van der Waals surface area contributed by atoms with Gasteiger partial charge >= 0.3 is 0 Å². The van der Waals surface area contributed by atoms with Crippen LogP contribution in [0, 0.1) is 0 Å². The lowest BCUT2D eigenvalue weighted by Gasteiger charge is -1.94. The molecule has 0 spiro atoms. The summed E-state index contributed by atoms with van der Waals surface area (Å²) in [7, 11) is 0. The van der Waals surface area contributed by atoms with Gasteiger partial charge < -0.3 is 5.11 Å².